The zero-order chi connectivity index (χ0) is 13.1. The molecule has 0 amide bonds. The molecule has 0 radical (unpaired) electrons. The number of rotatable bonds is 0. The Hall–Kier alpha value is -0.630. The van der Waals surface area contributed by atoms with Crippen molar-refractivity contribution in [2.75, 3.05) is 0 Å². The summed E-state index contributed by atoms with van der Waals surface area (Å²) >= 11 is 0. The van der Waals surface area contributed by atoms with Crippen molar-refractivity contribution in [3.05, 3.63) is 11.6 Å². The van der Waals surface area contributed by atoms with Crippen LogP contribution in [0.1, 0.15) is 52.9 Å². The molecule has 0 saturated heterocycles. The minimum Gasteiger partial charge on any atom is -0.393 e. The molecule has 18 heavy (non-hydrogen) atoms. The monoisotopic (exact) mass is 248 g/mol. The molecule has 2 fully saturated rings. The Labute approximate surface area is 109 Å². The van der Waals surface area contributed by atoms with E-state index < -0.39 is 0 Å². The minimum atomic E-state index is -0.266. The van der Waals surface area contributed by atoms with E-state index in [1.807, 2.05) is 0 Å². The predicted molar refractivity (Wildman–Crippen MR) is 71.0 cm³/mol. The smallest absolute Gasteiger partial charge is 0.142 e. The normalized spacial score (nSPS) is 46.3. The molecule has 0 aromatic carbocycles. The Bertz CT molecular complexity index is 421. The SMILES string of the molecule is CC1(C)C(=O)CC[C@H]2C1=CC[C@@]1(C)[C@H](O)CC[C@H]21. The van der Waals surface area contributed by atoms with Crippen LogP contribution in [0.5, 0.6) is 0 Å². The van der Waals surface area contributed by atoms with Crippen LogP contribution >= 0.6 is 0 Å². The number of hydrogen-bond donors (Lipinski definition) is 1. The van der Waals surface area contributed by atoms with Gasteiger partial charge in [0.05, 0.1) is 6.10 Å². The van der Waals surface area contributed by atoms with Gasteiger partial charge in [0, 0.05) is 17.3 Å². The highest BCUT2D eigenvalue weighted by Crippen LogP contribution is 2.59. The Morgan fingerprint density at radius 1 is 1.22 bits per heavy atom. The fourth-order valence-corrected chi connectivity index (χ4v) is 4.73. The van der Waals surface area contributed by atoms with Crippen LogP contribution in [-0.2, 0) is 4.79 Å². The van der Waals surface area contributed by atoms with Crippen LogP contribution in [0.4, 0.5) is 0 Å². The molecular weight excluding hydrogens is 224 g/mol. The van der Waals surface area contributed by atoms with Crippen molar-refractivity contribution in [1.29, 1.82) is 0 Å². The maximum Gasteiger partial charge on any atom is 0.142 e. The number of ketones is 1. The Morgan fingerprint density at radius 3 is 2.67 bits per heavy atom. The topological polar surface area (TPSA) is 37.3 Å². The standard InChI is InChI=1S/C16H24O2/c1-15(2)11-8-9-16(3)12(5-7-14(16)18)10(11)4-6-13(15)17/h8,10,12,14,18H,4-7,9H2,1-3H3/t10-,12+,14+,16+/m0/s1. The van der Waals surface area contributed by atoms with Gasteiger partial charge in [-0.25, -0.2) is 0 Å². The molecule has 2 heteroatoms. The third-order valence-corrected chi connectivity index (χ3v) is 6.11. The number of aliphatic hydroxyl groups is 1. The molecule has 1 N–H and O–H groups in total. The Morgan fingerprint density at radius 2 is 1.94 bits per heavy atom. The molecule has 0 aliphatic heterocycles. The predicted octanol–water partition coefficient (Wildman–Crippen LogP) is 3.10. The van der Waals surface area contributed by atoms with Gasteiger partial charge in [-0.2, -0.15) is 0 Å². The van der Waals surface area contributed by atoms with E-state index in [0.717, 1.165) is 32.1 Å². The molecule has 3 aliphatic carbocycles. The highest BCUT2D eigenvalue weighted by molar-refractivity contribution is 5.88. The van der Waals surface area contributed by atoms with Crippen molar-refractivity contribution in [2.24, 2.45) is 22.7 Å². The molecule has 2 saturated carbocycles. The summed E-state index contributed by atoms with van der Waals surface area (Å²) in [6.45, 7) is 6.41. The van der Waals surface area contributed by atoms with Crippen LogP contribution in [0, 0.1) is 22.7 Å². The van der Waals surface area contributed by atoms with Crippen molar-refractivity contribution in [3.63, 3.8) is 0 Å². The van der Waals surface area contributed by atoms with E-state index in [1.165, 1.54) is 5.57 Å². The van der Waals surface area contributed by atoms with Crippen molar-refractivity contribution in [1.82, 2.24) is 0 Å². The van der Waals surface area contributed by atoms with Crippen molar-refractivity contribution in [3.8, 4) is 0 Å². The molecule has 0 bridgehead atoms. The van der Waals surface area contributed by atoms with E-state index in [4.69, 9.17) is 0 Å². The van der Waals surface area contributed by atoms with Gasteiger partial charge in [0.15, 0.2) is 0 Å². The number of fused-ring (bicyclic) bond motifs is 3. The van der Waals surface area contributed by atoms with E-state index in [1.54, 1.807) is 0 Å². The molecule has 0 aromatic heterocycles. The number of aliphatic hydroxyl groups excluding tert-OH is 1. The molecule has 100 valence electrons. The summed E-state index contributed by atoms with van der Waals surface area (Å²) in [6.07, 6.45) is 6.87. The van der Waals surface area contributed by atoms with Gasteiger partial charge in [0.1, 0.15) is 5.78 Å². The van der Waals surface area contributed by atoms with E-state index >= 15 is 0 Å². The number of Topliss-reactive ketones (excluding diaryl/α,β-unsaturated/α-hetero) is 1. The van der Waals surface area contributed by atoms with Crippen LogP contribution < -0.4 is 0 Å². The highest BCUT2D eigenvalue weighted by Gasteiger charge is 2.55. The number of hydrogen-bond acceptors (Lipinski definition) is 2. The van der Waals surface area contributed by atoms with Crippen LogP contribution in [0.25, 0.3) is 0 Å². The number of carbonyl (C=O) groups is 1. The zero-order valence-corrected chi connectivity index (χ0v) is 11.7. The van der Waals surface area contributed by atoms with Crippen LogP contribution in [0.15, 0.2) is 11.6 Å². The van der Waals surface area contributed by atoms with Gasteiger partial charge in [0.2, 0.25) is 0 Å². The minimum absolute atomic E-state index is 0.0602. The number of allylic oxidation sites excluding steroid dienone is 2. The largest absolute Gasteiger partial charge is 0.393 e. The van der Waals surface area contributed by atoms with E-state index in [0.29, 0.717) is 17.6 Å². The summed E-state index contributed by atoms with van der Waals surface area (Å²) in [5.41, 5.74) is 1.16. The molecule has 3 aliphatic rings. The first-order valence-electron chi connectivity index (χ1n) is 7.29. The van der Waals surface area contributed by atoms with Crippen molar-refractivity contribution >= 4 is 5.78 Å². The van der Waals surface area contributed by atoms with Gasteiger partial charge in [-0.05, 0) is 51.4 Å². The molecule has 0 aromatic rings. The third-order valence-electron chi connectivity index (χ3n) is 6.11. The van der Waals surface area contributed by atoms with Gasteiger partial charge >= 0.3 is 0 Å². The van der Waals surface area contributed by atoms with E-state index in [2.05, 4.69) is 26.8 Å². The van der Waals surface area contributed by atoms with Crippen LogP contribution in [0.2, 0.25) is 0 Å². The van der Waals surface area contributed by atoms with Crippen LogP contribution in [0.3, 0.4) is 0 Å². The summed E-state index contributed by atoms with van der Waals surface area (Å²) in [5, 5.41) is 10.3. The molecule has 3 rings (SSSR count). The second-order valence-electron chi connectivity index (χ2n) is 7.26. The van der Waals surface area contributed by atoms with Gasteiger partial charge in [-0.1, -0.05) is 18.6 Å². The Kier molecular flexibility index (Phi) is 2.54. The highest BCUT2D eigenvalue weighted by atomic mass is 16.3. The second-order valence-corrected chi connectivity index (χ2v) is 7.26. The van der Waals surface area contributed by atoms with E-state index in [9.17, 15) is 9.90 Å². The summed E-state index contributed by atoms with van der Waals surface area (Å²) in [7, 11) is 0. The third kappa shape index (κ3) is 1.41. The first-order chi connectivity index (χ1) is 8.37. The summed E-state index contributed by atoms with van der Waals surface area (Å²) < 4.78 is 0. The summed E-state index contributed by atoms with van der Waals surface area (Å²) in [5.74, 6) is 1.51. The second kappa shape index (κ2) is 3.69. The van der Waals surface area contributed by atoms with Crippen LogP contribution in [-0.4, -0.2) is 17.0 Å². The average molecular weight is 248 g/mol. The Balaban J connectivity index is 2.01. The lowest BCUT2D eigenvalue weighted by atomic mass is 9.55. The maximum atomic E-state index is 12.1. The first kappa shape index (κ1) is 12.4. The van der Waals surface area contributed by atoms with Gasteiger partial charge in [-0.15, -0.1) is 0 Å². The average Bonchev–Trinajstić information content (AvgIpc) is 2.61. The first-order valence-corrected chi connectivity index (χ1v) is 7.29. The fraction of sp³-hybridized carbons (Fsp3) is 0.812. The van der Waals surface area contributed by atoms with Gasteiger partial charge in [0.25, 0.3) is 0 Å². The lowest BCUT2D eigenvalue weighted by Gasteiger charge is -2.49. The summed E-state index contributed by atoms with van der Waals surface area (Å²) in [6, 6.07) is 0. The van der Waals surface area contributed by atoms with Crippen molar-refractivity contribution in [2.45, 2.75) is 59.0 Å². The summed E-state index contributed by atoms with van der Waals surface area (Å²) in [4.78, 5) is 12.1. The zero-order valence-electron chi connectivity index (χ0n) is 11.7. The maximum absolute atomic E-state index is 12.1. The molecule has 0 spiro atoms. The quantitative estimate of drug-likeness (QED) is 0.669. The number of carbonyl (C=O) groups excluding carboxylic acids is 1. The lowest BCUT2D eigenvalue weighted by molar-refractivity contribution is -0.128. The molecule has 0 heterocycles. The van der Waals surface area contributed by atoms with E-state index in [-0.39, 0.29) is 16.9 Å². The fourth-order valence-electron chi connectivity index (χ4n) is 4.73. The molecule has 0 unspecified atom stereocenters. The molecule has 4 atom stereocenters. The van der Waals surface area contributed by atoms with Crippen molar-refractivity contribution < 1.29 is 9.90 Å². The molecule has 2 nitrogen and oxygen atoms in total. The molecular formula is C16H24O2. The van der Waals surface area contributed by atoms with Gasteiger partial charge in [-0.3, -0.25) is 4.79 Å². The lowest BCUT2D eigenvalue weighted by Crippen LogP contribution is -2.46. The van der Waals surface area contributed by atoms with Gasteiger partial charge < -0.3 is 5.11 Å².